The number of hydrogen-bond acceptors (Lipinski definition) is 3. The van der Waals surface area contributed by atoms with Gasteiger partial charge < -0.3 is 15.2 Å². The van der Waals surface area contributed by atoms with Gasteiger partial charge in [0.05, 0.1) is 0 Å². The Balaban J connectivity index is 2.36. The van der Waals surface area contributed by atoms with E-state index in [0.717, 1.165) is 12.0 Å². The first kappa shape index (κ1) is 14.5. The Bertz CT molecular complexity index is 379. The van der Waals surface area contributed by atoms with Crippen LogP contribution in [0.2, 0.25) is 0 Å². The average molecular weight is 251 g/mol. The van der Waals surface area contributed by atoms with Gasteiger partial charge >= 0.3 is 0 Å². The Hall–Kier alpha value is -1.55. The first-order valence-electron chi connectivity index (χ1n) is 6.25. The van der Waals surface area contributed by atoms with Gasteiger partial charge in [-0.05, 0) is 37.5 Å². The van der Waals surface area contributed by atoms with E-state index >= 15 is 0 Å². The molecule has 1 unspecified atom stereocenters. The Morgan fingerprint density at radius 1 is 1.50 bits per heavy atom. The summed E-state index contributed by atoms with van der Waals surface area (Å²) in [6.45, 7) is 4.03. The van der Waals surface area contributed by atoms with Crippen LogP contribution >= 0.6 is 0 Å². The van der Waals surface area contributed by atoms with Gasteiger partial charge in [0.1, 0.15) is 5.75 Å². The van der Waals surface area contributed by atoms with Crippen LogP contribution in [0.1, 0.15) is 25.3 Å². The third kappa shape index (κ3) is 5.19. The Labute approximate surface area is 108 Å². The standard InChI is InChI=1S/C14H21NO3/c1-3-12(7-8-16)15-14(17)10-18-13-6-4-5-11(2)9-13/h4-6,9,12,16H,3,7-8,10H2,1-2H3,(H,15,17). The van der Waals surface area contributed by atoms with Crippen LogP contribution in [0.15, 0.2) is 24.3 Å². The van der Waals surface area contributed by atoms with Gasteiger partial charge in [-0.3, -0.25) is 4.79 Å². The predicted octanol–water partition coefficient (Wildman–Crippen LogP) is 1.65. The molecule has 100 valence electrons. The van der Waals surface area contributed by atoms with E-state index < -0.39 is 0 Å². The molecule has 4 heteroatoms. The van der Waals surface area contributed by atoms with Crippen LogP contribution in [0.5, 0.6) is 5.75 Å². The minimum absolute atomic E-state index is 0.00534. The van der Waals surface area contributed by atoms with Crippen molar-refractivity contribution in [3.05, 3.63) is 29.8 Å². The minimum atomic E-state index is -0.156. The lowest BCUT2D eigenvalue weighted by molar-refractivity contribution is -0.123. The highest BCUT2D eigenvalue weighted by molar-refractivity contribution is 5.77. The van der Waals surface area contributed by atoms with Gasteiger partial charge in [-0.2, -0.15) is 0 Å². The average Bonchev–Trinajstić information content (AvgIpc) is 2.36. The Kier molecular flexibility index (Phi) is 6.22. The lowest BCUT2D eigenvalue weighted by atomic mass is 10.1. The van der Waals surface area contributed by atoms with Crippen molar-refractivity contribution in [2.75, 3.05) is 13.2 Å². The van der Waals surface area contributed by atoms with Crippen molar-refractivity contribution in [2.24, 2.45) is 0 Å². The third-order valence-electron chi connectivity index (χ3n) is 2.69. The topological polar surface area (TPSA) is 58.6 Å². The van der Waals surface area contributed by atoms with Crippen LogP contribution in [0.4, 0.5) is 0 Å². The van der Waals surface area contributed by atoms with E-state index in [2.05, 4.69) is 5.32 Å². The second kappa shape index (κ2) is 7.71. The summed E-state index contributed by atoms with van der Waals surface area (Å²) in [7, 11) is 0. The van der Waals surface area contributed by atoms with Gasteiger partial charge in [0.2, 0.25) is 0 Å². The van der Waals surface area contributed by atoms with E-state index in [1.807, 2.05) is 38.1 Å². The highest BCUT2D eigenvalue weighted by atomic mass is 16.5. The fraction of sp³-hybridized carbons (Fsp3) is 0.500. The molecule has 0 spiro atoms. The Morgan fingerprint density at radius 3 is 2.89 bits per heavy atom. The van der Waals surface area contributed by atoms with E-state index in [1.165, 1.54) is 0 Å². The van der Waals surface area contributed by atoms with E-state index in [-0.39, 0.29) is 25.2 Å². The zero-order chi connectivity index (χ0) is 13.4. The molecule has 0 aliphatic carbocycles. The van der Waals surface area contributed by atoms with Crippen molar-refractivity contribution in [3.8, 4) is 5.75 Å². The molecule has 4 nitrogen and oxygen atoms in total. The molecule has 1 aromatic rings. The lowest BCUT2D eigenvalue weighted by Crippen LogP contribution is -2.38. The summed E-state index contributed by atoms with van der Waals surface area (Å²) in [6, 6.07) is 7.59. The first-order chi connectivity index (χ1) is 8.65. The van der Waals surface area contributed by atoms with Crippen LogP contribution in [0.25, 0.3) is 0 Å². The smallest absolute Gasteiger partial charge is 0.258 e. The van der Waals surface area contributed by atoms with Crippen molar-refractivity contribution >= 4 is 5.91 Å². The molecule has 0 aliphatic rings. The van der Waals surface area contributed by atoms with Crippen LogP contribution in [0.3, 0.4) is 0 Å². The number of rotatable bonds is 7. The maximum Gasteiger partial charge on any atom is 0.258 e. The summed E-state index contributed by atoms with van der Waals surface area (Å²) < 4.78 is 5.40. The van der Waals surface area contributed by atoms with Crippen molar-refractivity contribution in [1.82, 2.24) is 5.32 Å². The fourth-order valence-corrected chi connectivity index (χ4v) is 1.66. The molecule has 0 saturated carbocycles. The van der Waals surface area contributed by atoms with Crippen LogP contribution < -0.4 is 10.1 Å². The third-order valence-corrected chi connectivity index (χ3v) is 2.69. The number of aliphatic hydroxyl groups excluding tert-OH is 1. The molecule has 0 saturated heterocycles. The number of carbonyl (C=O) groups is 1. The number of aryl methyl sites for hydroxylation is 1. The molecule has 2 N–H and O–H groups in total. The summed E-state index contributed by atoms with van der Waals surface area (Å²) in [5.74, 6) is 0.539. The van der Waals surface area contributed by atoms with Crippen LogP contribution in [-0.2, 0) is 4.79 Å². The van der Waals surface area contributed by atoms with Crippen molar-refractivity contribution in [2.45, 2.75) is 32.7 Å². The summed E-state index contributed by atoms with van der Waals surface area (Å²) in [4.78, 5) is 11.6. The van der Waals surface area contributed by atoms with Crippen LogP contribution in [-0.4, -0.2) is 30.3 Å². The highest BCUT2D eigenvalue weighted by Crippen LogP contribution is 2.11. The Morgan fingerprint density at radius 2 is 2.28 bits per heavy atom. The van der Waals surface area contributed by atoms with E-state index in [4.69, 9.17) is 9.84 Å². The molecular formula is C14H21NO3. The maximum absolute atomic E-state index is 11.6. The summed E-state index contributed by atoms with van der Waals surface area (Å²) in [5.41, 5.74) is 1.10. The van der Waals surface area contributed by atoms with Crippen molar-refractivity contribution in [3.63, 3.8) is 0 Å². The molecular weight excluding hydrogens is 230 g/mol. The largest absolute Gasteiger partial charge is 0.484 e. The van der Waals surface area contributed by atoms with Gasteiger partial charge in [0, 0.05) is 12.6 Å². The lowest BCUT2D eigenvalue weighted by Gasteiger charge is -2.15. The molecule has 18 heavy (non-hydrogen) atoms. The number of amides is 1. The van der Waals surface area contributed by atoms with Gasteiger partial charge in [-0.1, -0.05) is 19.1 Å². The molecule has 0 aliphatic heterocycles. The molecule has 0 heterocycles. The zero-order valence-electron chi connectivity index (χ0n) is 11.0. The van der Waals surface area contributed by atoms with Crippen LogP contribution in [0, 0.1) is 6.92 Å². The van der Waals surface area contributed by atoms with Crippen molar-refractivity contribution in [1.29, 1.82) is 0 Å². The number of ether oxygens (including phenoxy) is 1. The first-order valence-corrected chi connectivity index (χ1v) is 6.25. The molecule has 1 rings (SSSR count). The molecule has 0 radical (unpaired) electrons. The van der Waals surface area contributed by atoms with Gasteiger partial charge in [0.25, 0.3) is 5.91 Å². The second-order valence-electron chi connectivity index (χ2n) is 4.29. The molecule has 0 bridgehead atoms. The highest BCUT2D eigenvalue weighted by Gasteiger charge is 2.10. The normalized spacial score (nSPS) is 11.9. The molecule has 0 fully saturated rings. The number of nitrogens with one attached hydrogen (secondary N) is 1. The second-order valence-corrected chi connectivity index (χ2v) is 4.29. The van der Waals surface area contributed by atoms with E-state index in [0.29, 0.717) is 12.2 Å². The zero-order valence-corrected chi connectivity index (χ0v) is 11.0. The SMILES string of the molecule is CCC(CCO)NC(=O)COc1cccc(C)c1. The minimum Gasteiger partial charge on any atom is -0.484 e. The molecule has 1 amide bonds. The number of benzene rings is 1. The van der Waals surface area contributed by atoms with Gasteiger partial charge in [0.15, 0.2) is 6.61 Å². The van der Waals surface area contributed by atoms with E-state index in [1.54, 1.807) is 0 Å². The van der Waals surface area contributed by atoms with Gasteiger partial charge in [-0.25, -0.2) is 0 Å². The summed E-state index contributed by atoms with van der Waals surface area (Å²) in [6.07, 6.45) is 1.38. The van der Waals surface area contributed by atoms with Crippen molar-refractivity contribution < 1.29 is 14.6 Å². The monoisotopic (exact) mass is 251 g/mol. The van der Waals surface area contributed by atoms with Gasteiger partial charge in [-0.15, -0.1) is 0 Å². The predicted molar refractivity (Wildman–Crippen MR) is 70.6 cm³/mol. The molecule has 1 atom stereocenters. The summed E-state index contributed by atoms with van der Waals surface area (Å²) in [5, 5.41) is 11.7. The quantitative estimate of drug-likeness (QED) is 0.774. The summed E-state index contributed by atoms with van der Waals surface area (Å²) >= 11 is 0. The maximum atomic E-state index is 11.6. The fourth-order valence-electron chi connectivity index (χ4n) is 1.66. The number of carbonyl (C=O) groups excluding carboxylic acids is 1. The molecule has 0 aromatic heterocycles. The molecule has 1 aromatic carbocycles. The number of aliphatic hydroxyl groups is 1. The number of hydrogen-bond donors (Lipinski definition) is 2. The van der Waals surface area contributed by atoms with E-state index in [9.17, 15) is 4.79 Å².